The van der Waals surface area contributed by atoms with Crippen LogP contribution in [-0.4, -0.2) is 14.6 Å². The topological polar surface area (TPSA) is 83.1 Å². The lowest BCUT2D eigenvalue weighted by Gasteiger charge is -2.11. The number of fused-ring (bicyclic) bond motifs is 1. The monoisotopic (exact) mass is 403 g/mol. The van der Waals surface area contributed by atoms with Gasteiger partial charge in [-0.1, -0.05) is 12.1 Å². The lowest BCUT2D eigenvalue weighted by Crippen LogP contribution is -2.19. The van der Waals surface area contributed by atoms with E-state index >= 15 is 0 Å². The van der Waals surface area contributed by atoms with E-state index in [1.807, 2.05) is 0 Å². The van der Waals surface area contributed by atoms with E-state index in [2.05, 4.69) is 21.5 Å². The van der Waals surface area contributed by atoms with Gasteiger partial charge in [-0.15, -0.1) is 0 Å². The lowest BCUT2D eigenvalue weighted by molar-refractivity contribution is 0.585. The van der Waals surface area contributed by atoms with Gasteiger partial charge < -0.3 is 5.32 Å². The smallest absolute Gasteiger partial charge is 0.276 e. The highest BCUT2D eigenvalue weighted by atomic mass is 19.1. The molecule has 0 aliphatic heterocycles. The number of halogens is 2. The average molecular weight is 403 g/mol. The summed E-state index contributed by atoms with van der Waals surface area (Å²) >= 11 is 0. The predicted octanol–water partition coefficient (Wildman–Crippen LogP) is 3.83. The van der Waals surface area contributed by atoms with E-state index in [1.165, 1.54) is 12.1 Å². The summed E-state index contributed by atoms with van der Waals surface area (Å²) in [7, 11) is 0. The number of hydrogen-bond donors (Lipinski definition) is 1. The maximum absolute atomic E-state index is 14.2. The highest BCUT2D eigenvalue weighted by Crippen LogP contribution is 2.26. The number of hydrogen-bond acceptors (Lipinski definition) is 5. The first-order valence-corrected chi connectivity index (χ1v) is 9.04. The van der Waals surface area contributed by atoms with Crippen LogP contribution in [0, 0.1) is 29.9 Å². The van der Waals surface area contributed by atoms with Crippen LogP contribution in [0.4, 0.5) is 14.6 Å². The van der Waals surface area contributed by atoms with Crippen LogP contribution < -0.4 is 10.9 Å². The number of nitriles is 1. The van der Waals surface area contributed by atoms with Gasteiger partial charge >= 0.3 is 0 Å². The standard InChI is InChI=1S/C22H15F2N5O/c1-13-18(17-7-6-16(23)8-19(17)24)9-21-27-20(10-22(30)29(21)28-13)26-12-15-4-2-14(11-25)3-5-15/h2-10,26H,12H2,1H3. The minimum absolute atomic E-state index is 0.175. The molecule has 2 heterocycles. The average Bonchev–Trinajstić information content (AvgIpc) is 2.73. The molecule has 0 radical (unpaired) electrons. The molecule has 4 aromatic rings. The number of benzene rings is 2. The first-order chi connectivity index (χ1) is 14.4. The largest absolute Gasteiger partial charge is 0.366 e. The maximum Gasteiger partial charge on any atom is 0.276 e. The van der Waals surface area contributed by atoms with Gasteiger partial charge in [0.25, 0.3) is 5.56 Å². The predicted molar refractivity (Wildman–Crippen MR) is 108 cm³/mol. The Balaban J connectivity index is 1.70. The van der Waals surface area contributed by atoms with Crippen molar-refractivity contribution < 1.29 is 8.78 Å². The molecular formula is C22H15F2N5O. The van der Waals surface area contributed by atoms with Crippen LogP contribution in [0.25, 0.3) is 16.8 Å². The molecule has 0 atom stereocenters. The van der Waals surface area contributed by atoms with Gasteiger partial charge in [0.15, 0.2) is 5.65 Å². The molecule has 0 spiro atoms. The molecule has 4 rings (SSSR count). The lowest BCUT2D eigenvalue weighted by atomic mass is 10.0. The van der Waals surface area contributed by atoms with Crippen LogP contribution in [-0.2, 0) is 6.54 Å². The zero-order valence-electron chi connectivity index (χ0n) is 15.9. The summed E-state index contributed by atoms with van der Waals surface area (Å²) in [6, 6.07) is 15.2. The van der Waals surface area contributed by atoms with Gasteiger partial charge in [-0.3, -0.25) is 4.79 Å². The van der Waals surface area contributed by atoms with E-state index in [1.54, 1.807) is 37.3 Å². The molecule has 6 nitrogen and oxygen atoms in total. The van der Waals surface area contributed by atoms with Gasteiger partial charge in [0.2, 0.25) is 0 Å². The molecule has 30 heavy (non-hydrogen) atoms. The van der Waals surface area contributed by atoms with E-state index in [9.17, 15) is 13.6 Å². The number of aryl methyl sites for hydroxylation is 1. The van der Waals surface area contributed by atoms with Gasteiger partial charge in [0.1, 0.15) is 17.5 Å². The van der Waals surface area contributed by atoms with Crippen molar-refractivity contribution >= 4 is 11.5 Å². The zero-order valence-corrected chi connectivity index (χ0v) is 15.9. The Labute approximate surface area is 170 Å². The van der Waals surface area contributed by atoms with Crippen molar-refractivity contribution in [1.29, 1.82) is 5.26 Å². The van der Waals surface area contributed by atoms with Crippen molar-refractivity contribution in [3.63, 3.8) is 0 Å². The fourth-order valence-electron chi connectivity index (χ4n) is 3.09. The van der Waals surface area contributed by atoms with Crippen molar-refractivity contribution in [3.8, 4) is 17.2 Å². The molecule has 0 aliphatic rings. The zero-order chi connectivity index (χ0) is 21.3. The van der Waals surface area contributed by atoms with Crippen molar-refractivity contribution in [2.45, 2.75) is 13.5 Å². The van der Waals surface area contributed by atoms with Crippen molar-refractivity contribution in [2.24, 2.45) is 0 Å². The number of anilines is 1. The molecule has 0 unspecified atom stereocenters. The molecule has 0 saturated heterocycles. The molecular weight excluding hydrogens is 388 g/mol. The Bertz CT molecular complexity index is 1360. The molecule has 8 heteroatoms. The van der Waals surface area contributed by atoms with Gasteiger partial charge in [0, 0.05) is 29.8 Å². The number of aromatic nitrogens is 3. The van der Waals surface area contributed by atoms with Crippen LogP contribution >= 0.6 is 0 Å². The van der Waals surface area contributed by atoms with E-state index in [0.717, 1.165) is 22.2 Å². The van der Waals surface area contributed by atoms with Gasteiger partial charge in [-0.2, -0.15) is 14.9 Å². The number of nitrogens with zero attached hydrogens (tertiary/aromatic N) is 4. The van der Waals surface area contributed by atoms with E-state index in [4.69, 9.17) is 5.26 Å². The molecule has 0 amide bonds. The number of rotatable bonds is 4. The molecule has 0 aliphatic carbocycles. The fraction of sp³-hybridized carbons (Fsp3) is 0.0909. The molecule has 1 N–H and O–H groups in total. The molecule has 0 saturated carbocycles. The Morgan fingerprint density at radius 3 is 2.53 bits per heavy atom. The second kappa shape index (κ2) is 7.72. The Morgan fingerprint density at radius 2 is 1.83 bits per heavy atom. The van der Waals surface area contributed by atoms with E-state index in [0.29, 0.717) is 29.2 Å². The SMILES string of the molecule is Cc1nn2c(=O)cc(NCc3ccc(C#N)cc3)nc2cc1-c1ccc(F)cc1F. The second-order valence-corrected chi connectivity index (χ2v) is 6.68. The van der Waals surface area contributed by atoms with Crippen LogP contribution in [0.3, 0.4) is 0 Å². The third kappa shape index (κ3) is 3.73. The molecule has 148 valence electrons. The van der Waals surface area contributed by atoms with E-state index in [-0.39, 0.29) is 11.2 Å². The summed E-state index contributed by atoms with van der Waals surface area (Å²) in [5.41, 5.74) is 2.31. The second-order valence-electron chi connectivity index (χ2n) is 6.68. The van der Waals surface area contributed by atoms with Crippen molar-refractivity contribution in [2.75, 3.05) is 5.32 Å². The normalized spacial score (nSPS) is 10.7. The van der Waals surface area contributed by atoms with Gasteiger partial charge in [0.05, 0.1) is 17.3 Å². The van der Waals surface area contributed by atoms with Crippen LogP contribution in [0.15, 0.2) is 59.4 Å². The van der Waals surface area contributed by atoms with Crippen molar-refractivity contribution in [3.05, 3.63) is 93.4 Å². The van der Waals surface area contributed by atoms with E-state index < -0.39 is 17.2 Å². The highest BCUT2D eigenvalue weighted by Gasteiger charge is 2.13. The number of nitrogens with one attached hydrogen (secondary N) is 1. The first-order valence-electron chi connectivity index (χ1n) is 9.04. The Hall–Kier alpha value is -4.12. The summed E-state index contributed by atoms with van der Waals surface area (Å²) in [5, 5.41) is 16.1. The Kier molecular flexibility index (Phi) is 4.94. The van der Waals surface area contributed by atoms with Crippen LogP contribution in [0.5, 0.6) is 0 Å². The van der Waals surface area contributed by atoms with Gasteiger partial charge in [-0.05, 0) is 42.8 Å². The summed E-state index contributed by atoms with van der Waals surface area (Å²) < 4.78 is 28.6. The quantitative estimate of drug-likeness (QED) is 0.560. The summed E-state index contributed by atoms with van der Waals surface area (Å²) in [6.45, 7) is 2.04. The van der Waals surface area contributed by atoms with Gasteiger partial charge in [-0.25, -0.2) is 13.8 Å². The molecule has 0 bridgehead atoms. The molecule has 0 fully saturated rings. The maximum atomic E-state index is 14.2. The van der Waals surface area contributed by atoms with Crippen LogP contribution in [0.2, 0.25) is 0 Å². The first kappa shape index (κ1) is 19.2. The van der Waals surface area contributed by atoms with Crippen molar-refractivity contribution in [1.82, 2.24) is 14.6 Å². The summed E-state index contributed by atoms with van der Waals surface area (Å²) in [4.78, 5) is 16.9. The van der Waals surface area contributed by atoms with Crippen LogP contribution in [0.1, 0.15) is 16.8 Å². The Morgan fingerprint density at radius 1 is 1.07 bits per heavy atom. The molecule has 2 aromatic carbocycles. The third-order valence-corrected chi connectivity index (χ3v) is 4.61. The minimum Gasteiger partial charge on any atom is -0.366 e. The minimum atomic E-state index is -0.721. The molecule has 2 aromatic heterocycles. The fourth-order valence-corrected chi connectivity index (χ4v) is 3.09. The summed E-state index contributed by atoms with van der Waals surface area (Å²) in [6.07, 6.45) is 0. The highest BCUT2D eigenvalue weighted by molar-refractivity contribution is 5.70. The summed E-state index contributed by atoms with van der Waals surface area (Å²) in [5.74, 6) is -1.06. The third-order valence-electron chi connectivity index (χ3n) is 4.61.